The molecule has 3 heterocycles. The van der Waals surface area contributed by atoms with Crippen molar-refractivity contribution in [1.29, 1.82) is 0 Å². The molecule has 0 spiro atoms. The number of rotatable bonds is 5. The van der Waals surface area contributed by atoms with Gasteiger partial charge in [0.1, 0.15) is 5.75 Å². The van der Waals surface area contributed by atoms with Crippen LogP contribution in [0.25, 0.3) is 22.2 Å². The van der Waals surface area contributed by atoms with Gasteiger partial charge in [-0.3, -0.25) is 14.0 Å². The van der Waals surface area contributed by atoms with Crippen molar-refractivity contribution in [3.63, 3.8) is 0 Å². The molecule has 1 saturated heterocycles. The SMILES string of the molecule is Cc1cc(-c2[nH]c3ccc(C4CCN(C(=O)CS(C)=O)CC4)cc3c2C(C)C)ccn1. The molecule has 0 saturated carbocycles. The van der Waals surface area contributed by atoms with Gasteiger partial charge in [0.2, 0.25) is 5.91 Å². The van der Waals surface area contributed by atoms with Crippen molar-refractivity contribution in [2.45, 2.75) is 45.4 Å². The largest absolute Gasteiger partial charge is 0.354 e. The van der Waals surface area contributed by atoms with Gasteiger partial charge in [-0.25, -0.2) is 0 Å². The summed E-state index contributed by atoms with van der Waals surface area (Å²) in [5.41, 5.74) is 7.22. The smallest absolute Gasteiger partial charge is 0.235 e. The van der Waals surface area contributed by atoms with Crippen molar-refractivity contribution >= 4 is 27.6 Å². The summed E-state index contributed by atoms with van der Waals surface area (Å²) < 4.78 is 11.4. The van der Waals surface area contributed by atoms with E-state index in [-0.39, 0.29) is 11.7 Å². The first-order valence-electron chi connectivity index (χ1n) is 11.0. The predicted molar refractivity (Wildman–Crippen MR) is 128 cm³/mol. The highest BCUT2D eigenvalue weighted by atomic mass is 32.2. The van der Waals surface area contributed by atoms with Crippen molar-refractivity contribution in [2.75, 3.05) is 25.1 Å². The van der Waals surface area contributed by atoms with E-state index in [1.807, 2.05) is 18.0 Å². The van der Waals surface area contributed by atoms with Crippen molar-refractivity contribution in [3.8, 4) is 11.3 Å². The average molecular weight is 438 g/mol. The van der Waals surface area contributed by atoms with Gasteiger partial charge in [-0.2, -0.15) is 0 Å². The predicted octanol–water partition coefficient (Wildman–Crippen LogP) is 4.75. The maximum Gasteiger partial charge on any atom is 0.235 e. The van der Waals surface area contributed by atoms with Crippen LogP contribution in [0.1, 0.15) is 55.3 Å². The Hall–Kier alpha value is -2.47. The quantitative estimate of drug-likeness (QED) is 0.627. The molecule has 1 aliphatic rings. The van der Waals surface area contributed by atoms with E-state index in [1.54, 1.807) is 6.26 Å². The lowest BCUT2D eigenvalue weighted by Crippen LogP contribution is -2.40. The molecule has 1 amide bonds. The fourth-order valence-electron chi connectivity index (χ4n) is 4.74. The van der Waals surface area contributed by atoms with Crippen LogP contribution in [0.2, 0.25) is 0 Å². The number of benzene rings is 1. The molecular formula is C25H31N3O2S. The molecule has 0 aliphatic carbocycles. The zero-order valence-corrected chi connectivity index (χ0v) is 19.6. The Balaban J connectivity index is 1.62. The maximum atomic E-state index is 12.2. The third-order valence-electron chi connectivity index (χ3n) is 6.27. The van der Waals surface area contributed by atoms with Crippen LogP contribution < -0.4 is 0 Å². The van der Waals surface area contributed by atoms with Crippen molar-refractivity contribution < 1.29 is 9.00 Å². The summed E-state index contributed by atoms with van der Waals surface area (Å²) >= 11 is 0. The molecule has 0 bridgehead atoms. The van der Waals surface area contributed by atoms with Gasteiger partial charge in [-0.1, -0.05) is 19.9 Å². The summed E-state index contributed by atoms with van der Waals surface area (Å²) in [6.45, 7) is 7.99. The summed E-state index contributed by atoms with van der Waals surface area (Å²) in [5, 5.41) is 1.29. The lowest BCUT2D eigenvalue weighted by molar-refractivity contribution is -0.129. The van der Waals surface area contributed by atoms with E-state index < -0.39 is 10.8 Å². The first-order valence-corrected chi connectivity index (χ1v) is 12.7. The van der Waals surface area contributed by atoms with Crippen LogP contribution in [0, 0.1) is 6.92 Å². The number of carbonyl (C=O) groups is 1. The topological polar surface area (TPSA) is 66.1 Å². The zero-order valence-electron chi connectivity index (χ0n) is 18.8. The summed E-state index contributed by atoms with van der Waals surface area (Å²) in [4.78, 5) is 22.1. The molecule has 4 rings (SSSR count). The van der Waals surface area contributed by atoms with Crippen molar-refractivity contribution in [3.05, 3.63) is 53.3 Å². The number of nitrogens with one attached hydrogen (secondary N) is 1. The summed E-state index contributed by atoms with van der Waals surface area (Å²) in [7, 11) is -1.08. The molecule has 3 aromatic rings. The minimum absolute atomic E-state index is 0.0137. The van der Waals surface area contributed by atoms with Gasteiger partial charge in [-0.05, 0) is 67.0 Å². The molecule has 1 fully saturated rings. The van der Waals surface area contributed by atoms with E-state index in [4.69, 9.17) is 0 Å². The van der Waals surface area contributed by atoms with Gasteiger partial charge in [0.25, 0.3) is 0 Å². The fraction of sp³-hybridized carbons (Fsp3) is 0.440. The molecule has 1 atom stereocenters. The Morgan fingerprint density at radius 3 is 2.61 bits per heavy atom. The number of amides is 1. The molecule has 1 unspecified atom stereocenters. The monoisotopic (exact) mass is 437 g/mol. The molecule has 6 heteroatoms. The highest BCUT2D eigenvalue weighted by Crippen LogP contribution is 2.38. The van der Waals surface area contributed by atoms with E-state index in [2.05, 4.69) is 54.1 Å². The number of aryl methyl sites for hydroxylation is 1. The lowest BCUT2D eigenvalue weighted by Gasteiger charge is -2.32. The Morgan fingerprint density at radius 2 is 1.97 bits per heavy atom. The minimum atomic E-state index is -1.08. The number of carbonyl (C=O) groups excluding carboxylic acids is 1. The average Bonchev–Trinajstić information content (AvgIpc) is 3.12. The number of likely N-dealkylation sites (tertiary alicyclic amines) is 1. The van der Waals surface area contributed by atoms with Gasteiger partial charge in [-0.15, -0.1) is 0 Å². The van der Waals surface area contributed by atoms with E-state index in [0.717, 1.165) is 37.1 Å². The second-order valence-corrected chi connectivity index (χ2v) is 10.4. The van der Waals surface area contributed by atoms with Crippen molar-refractivity contribution in [1.82, 2.24) is 14.9 Å². The van der Waals surface area contributed by atoms with E-state index in [9.17, 15) is 9.00 Å². The standard InChI is InChI=1S/C25H31N3O2S/c1-16(2)24-21-14-19(18-8-11-28(12-9-18)23(29)15-31(4)30)5-6-22(21)27-25(24)20-7-10-26-17(3)13-20/h5-7,10,13-14,16,18,27H,8-9,11-12,15H2,1-4H3. The minimum Gasteiger partial charge on any atom is -0.354 e. The molecule has 1 aromatic carbocycles. The number of aromatic nitrogens is 2. The number of piperidine rings is 1. The molecule has 164 valence electrons. The van der Waals surface area contributed by atoms with Crippen LogP contribution >= 0.6 is 0 Å². The number of aromatic amines is 1. The number of hydrogen-bond acceptors (Lipinski definition) is 3. The fourth-order valence-corrected chi connectivity index (χ4v) is 5.27. The number of fused-ring (bicyclic) bond motifs is 1. The second kappa shape index (κ2) is 8.95. The Kier molecular flexibility index (Phi) is 6.28. The Bertz CT molecular complexity index is 1130. The summed E-state index contributed by atoms with van der Waals surface area (Å²) in [5.74, 6) is 0.985. The van der Waals surface area contributed by atoms with Gasteiger partial charge >= 0.3 is 0 Å². The van der Waals surface area contributed by atoms with E-state index in [1.165, 1.54) is 27.8 Å². The van der Waals surface area contributed by atoms with Gasteiger partial charge in [0, 0.05) is 58.5 Å². The third kappa shape index (κ3) is 4.59. The number of H-pyrrole nitrogens is 1. The second-order valence-electron chi connectivity index (χ2n) is 8.93. The summed E-state index contributed by atoms with van der Waals surface area (Å²) in [6.07, 6.45) is 5.36. The third-order valence-corrected chi connectivity index (χ3v) is 6.92. The highest BCUT2D eigenvalue weighted by molar-refractivity contribution is 7.85. The zero-order chi connectivity index (χ0) is 22.1. The number of nitrogens with zero attached hydrogens (tertiary/aromatic N) is 2. The van der Waals surface area contributed by atoms with Crippen LogP contribution in [0.3, 0.4) is 0 Å². The van der Waals surface area contributed by atoms with Crippen LogP contribution in [-0.2, 0) is 15.6 Å². The number of hydrogen-bond donors (Lipinski definition) is 1. The van der Waals surface area contributed by atoms with Crippen LogP contribution in [-0.4, -0.2) is 50.1 Å². The first kappa shape index (κ1) is 21.8. The highest BCUT2D eigenvalue weighted by Gasteiger charge is 2.25. The van der Waals surface area contributed by atoms with E-state index in [0.29, 0.717) is 11.8 Å². The molecule has 5 nitrogen and oxygen atoms in total. The van der Waals surface area contributed by atoms with Gasteiger partial charge < -0.3 is 9.88 Å². The van der Waals surface area contributed by atoms with Crippen LogP contribution in [0.15, 0.2) is 36.5 Å². The molecular weight excluding hydrogens is 406 g/mol. The number of pyridine rings is 1. The molecule has 31 heavy (non-hydrogen) atoms. The van der Waals surface area contributed by atoms with E-state index >= 15 is 0 Å². The first-order chi connectivity index (χ1) is 14.8. The Morgan fingerprint density at radius 1 is 1.23 bits per heavy atom. The van der Waals surface area contributed by atoms with Crippen LogP contribution in [0.5, 0.6) is 0 Å². The normalized spacial score (nSPS) is 16.2. The molecule has 1 N–H and O–H groups in total. The van der Waals surface area contributed by atoms with Gasteiger partial charge in [0.05, 0.1) is 5.69 Å². The Labute approximate surface area is 186 Å². The van der Waals surface area contributed by atoms with Crippen molar-refractivity contribution in [2.24, 2.45) is 0 Å². The summed E-state index contributed by atoms with van der Waals surface area (Å²) in [6, 6.07) is 11.0. The molecule has 1 aliphatic heterocycles. The molecule has 2 aromatic heterocycles. The lowest BCUT2D eigenvalue weighted by atomic mass is 9.87. The van der Waals surface area contributed by atoms with Gasteiger partial charge in [0.15, 0.2) is 0 Å². The maximum absolute atomic E-state index is 12.2. The molecule has 0 radical (unpaired) electrons. The van der Waals surface area contributed by atoms with Crippen LogP contribution in [0.4, 0.5) is 0 Å².